The van der Waals surface area contributed by atoms with Gasteiger partial charge in [0.2, 0.25) is 5.91 Å². The molecule has 0 saturated carbocycles. The fraction of sp³-hybridized carbons (Fsp3) is 0.395. The van der Waals surface area contributed by atoms with Gasteiger partial charge in [-0.05, 0) is 60.6 Å². The molecule has 10 heteroatoms. The number of aromatic nitrogens is 2. The Labute approximate surface area is 288 Å². The fourth-order valence-corrected chi connectivity index (χ4v) is 5.51. The molecule has 4 aromatic rings. The van der Waals surface area contributed by atoms with Crippen molar-refractivity contribution >= 4 is 29.1 Å². The molecule has 0 spiro atoms. The molecule has 1 unspecified atom stereocenters. The second kappa shape index (κ2) is 18.7. The second-order valence-corrected chi connectivity index (χ2v) is 13.8. The Hall–Kier alpha value is -4.57. The van der Waals surface area contributed by atoms with Crippen molar-refractivity contribution in [2.75, 3.05) is 6.61 Å². The molecule has 0 bridgehead atoms. The molecule has 4 rings (SSSR count). The van der Waals surface area contributed by atoms with Crippen molar-refractivity contribution < 1.29 is 24.2 Å². The van der Waals surface area contributed by atoms with Crippen molar-refractivity contribution in [1.82, 2.24) is 15.3 Å². The van der Waals surface area contributed by atoms with E-state index in [4.69, 9.17) is 15.6 Å². The summed E-state index contributed by atoms with van der Waals surface area (Å²) < 4.78 is 5.84. The van der Waals surface area contributed by atoms with Crippen LogP contribution < -0.4 is 15.8 Å². The van der Waals surface area contributed by atoms with E-state index >= 15 is 0 Å². The van der Waals surface area contributed by atoms with Gasteiger partial charge >= 0.3 is 5.97 Å². The molecule has 0 saturated heterocycles. The molecular weight excluding hydrogens is 625 g/mol. The number of rotatable bonds is 15. The Morgan fingerprint density at radius 2 is 1.50 bits per heavy atom. The van der Waals surface area contributed by atoms with Crippen molar-refractivity contribution in [2.24, 2.45) is 5.73 Å². The number of carboxylic acid groups (broad SMARTS) is 1. The molecule has 2 amide bonds. The molecule has 0 aliphatic carbocycles. The van der Waals surface area contributed by atoms with Gasteiger partial charge < -0.3 is 20.9 Å². The van der Waals surface area contributed by atoms with Crippen LogP contribution in [0, 0.1) is 0 Å². The molecule has 2 aromatic carbocycles. The summed E-state index contributed by atoms with van der Waals surface area (Å²) in [5.41, 5.74) is 9.08. The van der Waals surface area contributed by atoms with Crippen LogP contribution >= 0.6 is 11.3 Å². The predicted molar refractivity (Wildman–Crippen MR) is 192 cm³/mol. The number of carboxylic acids is 1. The number of hydrogen-bond donors (Lipinski definition) is 3. The molecule has 1 atom stereocenters. The Balaban J connectivity index is 0.000000437. The number of thiophene rings is 1. The van der Waals surface area contributed by atoms with Gasteiger partial charge in [-0.15, -0.1) is 11.3 Å². The highest BCUT2D eigenvalue weighted by Gasteiger charge is 2.17. The van der Waals surface area contributed by atoms with Crippen molar-refractivity contribution in [3.05, 3.63) is 88.4 Å². The first kappa shape index (κ1) is 37.9. The zero-order valence-electron chi connectivity index (χ0n) is 28.6. The van der Waals surface area contributed by atoms with E-state index < -0.39 is 12.0 Å². The zero-order valence-corrected chi connectivity index (χ0v) is 29.4. The van der Waals surface area contributed by atoms with Crippen LogP contribution in [-0.4, -0.2) is 45.5 Å². The summed E-state index contributed by atoms with van der Waals surface area (Å²) in [5.74, 6) is -0.166. The van der Waals surface area contributed by atoms with Gasteiger partial charge in [-0.1, -0.05) is 89.8 Å². The van der Waals surface area contributed by atoms with Crippen LogP contribution in [0.5, 0.6) is 5.75 Å². The maximum Gasteiger partial charge on any atom is 0.325 e. The lowest BCUT2D eigenvalue weighted by Crippen LogP contribution is -2.38. The average Bonchev–Trinajstić information content (AvgIpc) is 3.59. The molecule has 0 radical (unpaired) electrons. The monoisotopic (exact) mass is 672 g/mol. The van der Waals surface area contributed by atoms with Crippen LogP contribution in [0.25, 0.3) is 22.5 Å². The van der Waals surface area contributed by atoms with Crippen molar-refractivity contribution in [3.63, 3.8) is 0 Å². The molecule has 9 nitrogen and oxygen atoms in total. The lowest BCUT2D eigenvalue weighted by atomic mass is 9.95. The molecule has 2 aromatic heterocycles. The third-order valence-corrected chi connectivity index (χ3v) is 9.07. The minimum Gasteiger partial charge on any atom is -0.494 e. The smallest absolute Gasteiger partial charge is 0.325 e. The summed E-state index contributed by atoms with van der Waals surface area (Å²) in [6, 6.07) is 18.6. The standard InChI is InChI=1S/C29H35N3O4.C9H13NOS/c1-3-4-5-6-7-18-36-26-15-13-23(14-16-26)25-19-30-28(31-20-25)24-11-8-22(9-12-24)10-17-27(33)32-21(2)29(34)35;1-9(2,3)7-5-4-6(12-7)8(10)11/h8-9,11-16,19-21H,3-7,10,17-18H2,1-2H3,(H,32,33)(H,34,35);4-5H,1-3H3,(H2,10,11). The van der Waals surface area contributed by atoms with Gasteiger partial charge in [0.15, 0.2) is 5.82 Å². The van der Waals surface area contributed by atoms with Gasteiger partial charge in [0, 0.05) is 34.8 Å². The number of nitrogens with one attached hydrogen (secondary N) is 1. The Kier molecular flexibility index (Phi) is 14.7. The minimum absolute atomic E-state index is 0.109. The molecule has 256 valence electrons. The number of nitrogens with zero attached hydrogens (tertiary/aromatic N) is 2. The number of aliphatic carboxylic acids is 1. The Morgan fingerprint density at radius 1 is 0.875 bits per heavy atom. The average molecular weight is 673 g/mol. The zero-order chi connectivity index (χ0) is 35.1. The SMILES string of the molecule is CC(C)(C)c1ccc(C(N)=O)s1.CCCCCCCOc1ccc(-c2cnc(-c3ccc(CCC(=O)NC(C)C(=O)O)cc3)nc2)cc1. The molecule has 0 fully saturated rings. The number of hydrogen-bond acceptors (Lipinski definition) is 7. The number of carbonyl (C=O) groups excluding carboxylic acids is 2. The summed E-state index contributed by atoms with van der Waals surface area (Å²) >= 11 is 1.47. The van der Waals surface area contributed by atoms with Crippen molar-refractivity contribution in [1.29, 1.82) is 0 Å². The fourth-order valence-electron chi connectivity index (χ4n) is 4.59. The normalized spacial score (nSPS) is 11.6. The third kappa shape index (κ3) is 12.6. The summed E-state index contributed by atoms with van der Waals surface area (Å²) in [7, 11) is 0. The van der Waals surface area contributed by atoms with Gasteiger partial charge in [0.1, 0.15) is 11.8 Å². The number of primary amides is 1. The quantitative estimate of drug-likeness (QED) is 0.109. The molecule has 0 aliphatic rings. The van der Waals surface area contributed by atoms with E-state index in [1.807, 2.05) is 67.0 Å². The van der Waals surface area contributed by atoms with E-state index in [-0.39, 0.29) is 23.7 Å². The van der Waals surface area contributed by atoms with Gasteiger partial charge in [-0.3, -0.25) is 14.4 Å². The first-order valence-electron chi connectivity index (χ1n) is 16.4. The van der Waals surface area contributed by atoms with Gasteiger partial charge in [-0.25, -0.2) is 9.97 Å². The molecular formula is C38H48N4O5S. The van der Waals surface area contributed by atoms with E-state index in [2.05, 4.69) is 43.0 Å². The topological polar surface area (TPSA) is 144 Å². The first-order valence-corrected chi connectivity index (χ1v) is 17.3. The lowest BCUT2D eigenvalue weighted by molar-refractivity contribution is -0.141. The largest absolute Gasteiger partial charge is 0.494 e. The van der Waals surface area contributed by atoms with Gasteiger partial charge in [0.25, 0.3) is 5.91 Å². The molecule has 4 N–H and O–H groups in total. The highest BCUT2D eigenvalue weighted by Crippen LogP contribution is 2.29. The van der Waals surface area contributed by atoms with Crippen LogP contribution in [0.2, 0.25) is 0 Å². The van der Waals surface area contributed by atoms with Crippen LogP contribution in [0.3, 0.4) is 0 Å². The summed E-state index contributed by atoms with van der Waals surface area (Å²) in [5, 5.41) is 11.3. The van der Waals surface area contributed by atoms with E-state index in [0.717, 1.165) is 41.0 Å². The highest BCUT2D eigenvalue weighted by atomic mass is 32.1. The second-order valence-electron chi connectivity index (χ2n) is 12.7. The van der Waals surface area contributed by atoms with Crippen LogP contribution in [-0.2, 0) is 21.4 Å². The number of amides is 2. The van der Waals surface area contributed by atoms with Crippen molar-refractivity contribution in [3.8, 4) is 28.3 Å². The number of nitrogens with two attached hydrogens (primary N) is 1. The van der Waals surface area contributed by atoms with Gasteiger partial charge in [0.05, 0.1) is 11.5 Å². The maximum atomic E-state index is 11.9. The molecule has 0 aliphatic heterocycles. The molecule has 2 heterocycles. The van der Waals surface area contributed by atoms with Crippen molar-refractivity contribution in [2.45, 2.75) is 91.0 Å². The number of ether oxygens (including phenoxy) is 1. The summed E-state index contributed by atoms with van der Waals surface area (Å²) in [6.45, 7) is 10.8. The molecule has 48 heavy (non-hydrogen) atoms. The van der Waals surface area contributed by atoms with E-state index in [9.17, 15) is 14.4 Å². The number of unbranched alkanes of at least 4 members (excludes halogenated alkanes) is 4. The lowest BCUT2D eigenvalue weighted by Gasteiger charge is -2.14. The Bertz CT molecular complexity index is 1590. The summed E-state index contributed by atoms with van der Waals surface area (Å²) in [4.78, 5) is 44.4. The summed E-state index contributed by atoms with van der Waals surface area (Å²) in [6.07, 6.45) is 10.5. The van der Waals surface area contributed by atoms with Crippen LogP contribution in [0.15, 0.2) is 73.1 Å². The van der Waals surface area contributed by atoms with E-state index in [1.54, 1.807) is 6.07 Å². The third-order valence-electron chi connectivity index (χ3n) is 7.54. The number of carbonyl (C=O) groups is 3. The van der Waals surface area contributed by atoms with E-state index in [1.165, 1.54) is 48.8 Å². The number of benzene rings is 2. The minimum atomic E-state index is -1.05. The number of aryl methyl sites for hydroxylation is 1. The van der Waals surface area contributed by atoms with E-state index in [0.29, 0.717) is 17.1 Å². The first-order chi connectivity index (χ1) is 22.9. The maximum absolute atomic E-state index is 11.9. The highest BCUT2D eigenvalue weighted by molar-refractivity contribution is 7.14. The Morgan fingerprint density at radius 3 is 2.04 bits per heavy atom. The predicted octanol–water partition coefficient (Wildman–Crippen LogP) is 7.83. The van der Waals surface area contributed by atoms with Crippen LogP contribution in [0.4, 0.5) is 0 Å². The van der Waals surface area contributed by atoms with Gasteiger partial charge in [-0.2, -0.15) is 0 Å². The van der Waals surface area contributed by atoms with Crippen LogP contribution in [0.1, 0.15) is 93.3 Å².